The molecule has 0 fully saturated rings. The number of furan rings is 1. The van der Waals surface area contributed by atoms with Gasteiger partial charge in [-0.25, -0.2) is 4.79 Å². The van der Waals surface area contributed by atoms with Crippen LogP contribution in [-0.4, -0.2) is 12.1 Å². The average molecular weight is 491 g/mol. The van der Waals surface area contributed by atoms with Crippen molar-refractivity contribution < 1.29 is 36.6 Å². The molecule has 0 spiro atoms. The predicted molar refractivity (Wildman–Crippen MR) is 119 cm³/mol. The highest BCUT2D eigenvalue weighted by Crippen LogP contribution is 2.37. The maximum absolute atomic E-state index is 12.8. The van der Waals surface area contributed by atoms with Crippen molar-refractivity contribution in [2.45, 2.75) is 25.8 Å². The first-order valence-corrected chi connectivity index (χ1v) is 10.5. The van der Waals surface area contributed by atoms with E-state index >= 15 is 0 Å². The zero-order chi connectivity index (χ0) is 24.3. The number of carbonyl (C=O) groups excluding carboxylic acids is 1. The van der Waals surface area contributed by atoms with Crippen LogP contribution in [0.15, 0.2) is 77.4 Å². The lowest BCUT2D eigenvalue weighted by atomic mass is 10.1. The summed E-state index contributed by atoms with van der Waals surface area (Å²) < 4.78 is 60.2. The first-order valence-electron chi connectivity index (χ1n) is 10.1. The fraction of sp³-hybridized carbons (Fsp3) is 0.160. The quantitative estimate of drug-likeness (QED) is 0.252. The van der Waals surface area contributed by atoms with Gasteiger partial charge in [0.15, 0.2) is 6.10 Å². The van der Waals surface area contributed by atoms with Gasteiger partial charge in [0.2, 0.25) is 0 Å². The lowest BCUT2D eigenvalue weighted by Crippen LogP contribution is -2.25. The number of ether oxygens (including phenoxy) is 3. The van der Waals surface area contributed by atoms with E-state index < -0.39 is 23.8 Å². The molecule has 1 aromatic heterocycles. The van der Waals surface area contributed by atoms with Crippen LogP contribution in [0.3, 0.4) is 0 Å². The molecule has 0 bridgehead atoms. The Bertz CT molecular complexity index is 1300. The molecule has 0 aliphatic rings. The highest BCUT2D eigenvalue weighted by Gasteiger charge is 2.31. The van der Waals surface area contributed by atoms with Crippen LogP contribution in [0, 0.1) is 0 Å². The molecule has 1 heterocycles. The van der Waals surface area contributed by atoms with Crippen LogP contribution in [0.5, 0.6) is 17.2 Å². The van der Waals surface area contributed by atoms with E-state index in [0.717, 1.165) is 22.9 Å². The van der Waals surface area contributed by atoms with Crippen LogP contribution in [0.25, 0.3) is 10.8 Å². The van der Waals surface area contributed by atoms with Gasteiger partial charge in [-0.3, -0.25) is 0 Å². The minimum Gasteiger partial charge on any atom is -0.479 e. The van der Waals surface area contributed by atoms with Gasteiger partial charge in [-0.2, -0.15) is 13.2 Å². The van der Waals surface area contributed by atoms with Crippen molar-refractivity contribution >= 4 is 28.3 Å². The number of esters is 1. The van der Waals surface area contributed by atoms with E-state index in [-0.39, 0.29) is 17.4 Å². The van der Waals surface area contributed by atoms with E-state index in [1.807, 2.05) is 0 Å². The van der Waals surface area contributed by atoms with Crippen LogP contribution < -0.4 is 9.47 Å². The predicted octanol–water partition coefficient (Wildman–Crippen LogP) is 7.41. The summed E-state index contributed by atoms with van der Waals surface area (Å²) in [5.41, 5.74) is -0.859. The Kier molecular flexibility index (Phi) is 6.70. The molecule has 0 aliphatic carbocycles. The number of hydrogen-bond acceptors (Lipinski definition) is 5. The summed E-state index contributed by atoms with van der Waals surface area (Å²) in [5.74, 6) is 0.865. The lowest BCUT2D eigenvalue weighted by molar-refractivity contribution is -0.153. The summed E-state index contributed by atoms with van der Waals surface area (Å²) in [4.78, 5) is 12.2. The minimum atomic E-state index is -4.50. The molecule has 5 nitrogen and oxygen atoms in total. The van der Waals surface area contributed by atoms with Gasteiger partial charge in [0.05, 0.1) is 16.8 Å². The first kappa shape index (κ1) is 23.5. The molecule has 9 heteroatoms. The van der Waals surface area contributed by atoms with E-state index in [4.69, 9.17) is 30.2 Å². The topological polar surface area (TPSA) is 57.9 Å². The molecule has 0 amide bonds. The standard InChI is InChI=1S/C25H18ClF3O5/c1-15(24(30)32-14-21-3-2-10-31-21)33-19-7-4-16-5-8-20(12-17(16)11-19)34-23-9-6-18(13-22(23)26)25(27,28)29/h2-13,15H,14H2,1H3. The number of carbonyl (C=O) groups is 1. The molecule has 0 radical (unpaired) electrons. The molecule has 4 aromatic rings. The first-order chi connectivity index (χ1) is 16.2. The molecular weight excluding hydrogens is 473 g/mol. The number of rotatable bonds is 7. The maximum atomic E-state index is 12.8. The molecule has 4 rings (SSSR count). The fourth-order valence-electron chi connectivity index (χ4n) is 3.13. The normalized spacial score (nSPS) is 12.4. The average Bonchev–Trinajstić information content (AvgIpc) is 3.31. The molecule has 1 unspecified atom stereocenters. The Morgan fingerprint density at radius 1 is 1.00 bits per heavy atom. The lowest BCUT2D eigenvalue weighted by Gasteiger charge is -2.14. The second kappa shape index (κ2) is 9.69. The Balaban J connectivity index is 1.46. The van der Waals surface area contributed by atoms with Crippen LogP contribution in [0.2, 0.25) is 5.02 Å². The van der Waals surface area contributed by atoms with E-state index in [1.54, 1.807) is 55.5 Å². The summed E-state index contributed by atoms with van der Waals surface area (Å²) in [6, 6.07) is 16.7. The van der Waals surface area contributed by atoms with E-state index in [2.05, 4.69) is 0 Å². The molecule has 3 aromatic carbocycles. The van der Waals surface area contributed by atoms with Gasteiger partial charge in [-0.15, -0.1) is 0 Å². The zero-order valence-corrected chi connectivity index (χ0v) is 18.5. The van der Waals surface area contributed by atoms with Gasteiger partial charge < -0.3 is 18.6 Å². The van der Waals surface area contributed by atoms with E-state index in [1.165, 1.54) is 12.3 Å². The van der Waals surface area contributed by atoms with Crippen molar-refractivity contribution in [1.29, 1.82) is 0 Å². The molecule has 0 aliphatic heterocycles. The summed E-state index contributed by atoms with van der Waals surface area (Å²) in [6.45, 7) is 1.57. The molecule has 0 N–H and O–H groups in total. The van der Waals surface area contributed by atoms with Crippen molar-refractivity contribution in [3.8, 4) is 17.2 Å². The van der Waals surface area contributed by atoms with E-state index in [0.29, 0.717) is 17.3 Å². The number of halogens is 4. The monoisotopic (exact) mass is 490 g/mol. The molecule has 176 valence electrons. The smallest absolute Gasteiger partial charge is 0.416 e. The van der Waals surface area contributed by atoms with Crippen molar-refractivity contribution in [2.75, 3.05) is 0 Å². The van der Waals surface area contributed by atoms with Crippen molar-refractivity contribution in [3.05, 3.63) is 89.3 Å². The summed E-state index contributed by atoms with van der Waals surface area (Å²) in [6.07, 6.45) is -3.87. The highest BCUT2D eigenvalue weighted by molar-refractivity contribution is 6.32. The number of benzene rings is 3. The van der Waals surface area contributed by atoms with Crippen molar-refractivity contribution in [3.63, 3.8) is 0 Å². The molecule has 1 atom stereocenters. The number of fused-ring (bicyclic) bond motifs is 1. The van der Waals surface area contributed by atoms with Gasteiger partial charge in [0, 0.05) is 0 Å². The van der Waals surface area contributed by atoms with Crippen molar-refractivity contribution in [1.82, 2.24) is 0 Å². The third-order valence-electron chi connectivity index (χ3n) is 4.85. The third kappa shape index (κ3) is 5.63. The minimum absolute atomic E-state index is 0.00443. The maximum Gasteiger partial charge on any atom is 0.416 e. The van der Waals surface area contributed by atoms with Crippen LogP contribution in [-0.2, 0) is 22.3 Å². The Morgan fingerprint density at radius 3 is 2.41 bits per heavy atom. The molecule has 0 saturated heterocycles. The van der Waals surface area contributed by atoms with Gasteiger partial charge >= 0.3 is 12.1 Å². The molecular formula is C25H18ClF3O5. The van der Waals surface area contributed by atoms with Gasteiger partial charge in [0.25, 0.3) is 0 Å². The van der Waals surface area contributed by atoms with Crippen LogP contribution in [0.4, 0.5) is 13.2 Å². The number of hydrogen-bond donors (Lipinski definition) is 0. The van der Waals surface area contributed by atoms with Gasteiger partial charge in [-0.05, 0) is 72.3 Å². The van der Waals surface area contributed by atoms with Gasteiger partial charge in [0.1, 0.15) is 29.6 Å². The molecule has 34 heavy (non-hydrogen) atoms. The molecule has 0 saturated carbocycles. The fourth-order valence-corrected chi connectivity index (χ4v) is 3.35. The van der Waals surface area contributed by atoms with Crippen molar-refractivity contribution in [2.24, 2.45) is 0 Å². The largest absolute Gasteiger partial charge is 0.479 e. The summed E-state index contributed by atoms with van der Waals surface area (Å²) in [5, 5.41) is 1.44. The van der Waals surface area contributed by atoms with E-state index in [9.17, 15) is 18.0 Å². The van der Waals surface area contributed by atoms with Gasteiger partial charge in [-0.1, -0.05) is 23.7 Å². The number of alkyl halides is 3. The van der Waals surface area contributed by atoms with Crippen LogP contribution >= 0.6 is 11.6 Å². The highest BCUT2D eigenvalue weighted by atomic mass is 35.5. The second-order valence-corrected chi connectivity index (χ2v) is 7.77. The second-order valence-electron chi connectivity index (χ2n) is 7.36. The third-order valence-corrected chi connectivity index (χ3v) is 5.15. The Hall–Kier alpha value is -3.65. The van der Waals surface area contributed by atoms with Crippen LogP contribution in [0.1, 0.15) is 18.2 Å². The summed E-state index contributed by atoms with van der Waals surface area (Å²) in [7, 11) is 0. The SMILES string of the molecule is CC(Oc1ccc2ccc(Oc3ccc(C(F)(F)F)cc3Cl)cc2c1)C(=O)OCc1ccco1. The Labute approximate surface area is 197 Å². The zero-order valence-electron chi connectivity index (χ0n) is 17.8. The summed E-state index contributed by atoms with van der Waals surface area (Å²) >= 11 is 5.98. The Morgan fingerprint density at radius 2 is 1.74 bits per heavy atom.